The maximum absolute atomic E-state index is 4.56. The predicted molar refractivity (Wildman–Crippen MR) is 63.3 cm³/mol. The average molecular weight is 205 g/mol. The van der Waals surface area contributed by atoms with Crippen LogP contribution in [0.4, 0.5) is 5.82 Å². The molecule has 1 aromatic rings. The summed E-state index contributed by atoms with van der Waals surface area (Å²) in [6, 6.07) is 6.84. The van der Waals surface area contributed by atoms with Crippen molar-refractivity contribution in [2.24, 2.45) is 0 Å². The fourth-order valence-electron chi connectivity index (χ4n) is 1.96. The van der Waals surface area contributed by atoms with Crippen molar-refractivity contribution >= 4 is 5.82 Å². The highest BCUT2D eigenvalue weighted by Gasteiger charge is 2.21. The maximum atomic E-state index is 4.56. The van der Waals surface area contributed by atoms with Gasteiger partial charge < -0.3 is 9.80 Å². The molecule has 0 bridgehead atoms. The van der Waals surface area contributed by atoms with Gasteiger partial charge in [0.25, 0.3) is 0 Å². The normalized spacial score (nSPS) is 23.1. The van der Waals surface area contributed by atoms with Crippen molar-refractivity contribution in [2.75, 3.05) is 31.6 Å². The minimum atomic E-state index is 0.612. The summed E-state index contributed by atoms with van der Waals surface area (Å²) < 4.78 is 0. The Morgan fingerprint density at radius 2 is 2.13 bits per heavy atom. The lowest BCUT2D eigenvalue weighted by molar-refractivity contribution is 0.233. The first kappa shape index (κ1) is 10.4. The van der Waals surface area contributed by atoms with Crippen LogP contribution in [-0.2, 0) is 0 Å². The van der Waals surface area contributed by atoms with E-state index in [4.69, 9.17) is 0 Å². The molecule has 2 heterocycles. The first-order valence-corrected chi connectivity index (χ1v) is 5.55. The van der Waals surface area contributed by atoms with Gasteiger partial charge in [-0.05, 0) is 33.0 Å². The Balaban J connectivity index is 2.12. The summed E-state index contributed by atoms with van der Waals surface area (Å²) in [5.41, 5.74) is 1.10. The van der Waals surface area contributed by atoms with Crippen LogP contribution in [0.1, 0.15) is 12.6 Å². The Labute approximate surface area is 91.7 Å². The van der Waals surface area contributed by atoms with E-state index in [1.807, 2.05) is 13.0 Å². The highest BCUT2D eigenvalue weighted by atomic mass is 15.3. The van der Waals surface area contributed by atoms with Gasteiger partial charge in [-0.15, -0.1) is 0 Å². The number of anilines is 1. The Bertz CT molecular complexity index is 337. The minimum Gasteiger partial charge on any atom is -0.354 e. The topological polar surface area (TPSA) is 19.4 Å². The molecule has 3 nitrogen and oxygen atoms in total. The van der Waals surface area contributed by atoms with Gasteiger partial charge in [-0.3, -0.25) is 0 Å². The molecule has 0 N–H and O–H groups in total. The van der Waals surface area contributed by atoms with Crippen molar-refractivity contribution in [3.8, 4) is 0 Å². The molecule has 0 aromatic carbocycles. The smallest absolute Gasteiger partial charge is 0.128 e. The molecule has 0 amide bonds. The lowest BCUT2D eigenvalue weighted by Crippen LogP contribution is -2.50. The summed E-state index contributed by atoms with van der Waals surface area (Å²) in [4.78, 5) is 9.33. The Hall–Kier alpha value is -1.09. The van der Waals surface area contributed by atoms with E-state index in [0.29, 0.717) is 6.04 Å². The molecule has 1 aliphatic rings. The van der Waals surface area contributed by atoms with Crippen molar-refractivity contribution in [3.05, 3.63) is 23.9 Å². The first-order valence-electron chi connectivity index (χ1n) is 5.55. The summed E-state index contributed by atoms with van der Waals surface area (Å²) in [7, 11) is 2.19. The number of piperazine rings is 1. The molecule has 0 radical (unpaired) electrons. The van der Waals surface area contributed by atoms with Gasteiger partial charge in [-0.2, -0.15) is 0 Å². The number of rotatable bonds is 1. The van der Waals surface area contributed by atoms with E-state index in [2.05, 4.69) is 40.9 Å². The monoisotopic (exact) mass is 205 g/mol. The molecule has 1 aromatic heterocycles. The van der Waals surface area contributed by atoms with Gasteiger partial charge in [0, 0.05) is 31.4 Å². The average Bonchev–Trinajstić information content (AvgIpc) is 2.22. The van der Waals surface area contributed by atoms with E-state index < -0.39 is 0 Å². The van der Waals surface area contributed by atoms with Crippen LogP contribution in [0.15, 0.2) is 18.2 Å². The molecule has 2 rings (SSSR count). The molecule has 0 saturated carbocycles. The fraction of sp³-hybridized carbons (Fsp3) is 0.583. The van der Waals surface area contributed by atoms with E-state index in [1.54, 1.807) is 0 Å². The van der Waals surface area contributed by atoms with Crippen molar-refractivity contribution in [1.29, 1.82) is 0 Å². The zero-order valence-electron chi connectivity index (χ0n) is 9.77. The minimum absolute atomic E-state index is 0.612. The van der Waals surface area contributed by atoms with Gasteiger partial charge >= 0.3 is 0 Å². The Kier molecular flexibility index (Phi) is 2.91. The van der Waals surface area contributed by atoms with Crippen molar-refractivity contribution < 1.29 is 0 Å². The molecule has 0 aliphatic carbocycles. The number of aryl methyl sites for hydroxylation is 1. The summed E-state index contributed by atoms with van der Waals surface area (Å²) in [6.45, 7) is 7.59. The second kappa shape index (κ2) is 4.19. The number of nitrogens with zero attached hydrogens (tertiary/aromatic N) is 3. The van der Waals surface area contributed by atoms with Crippen LogP contribution in [0, 0.1) is 6.92 Å². The molecule has 1 atom stereocenters. The molecule has 3 heteroatoms. The summed E-state index contributed by atoms with van der Waals surface area (Å²) in [6.07, 6.45) is 0. The molecule has 0 spiro atoms. The summed E-state index contributed by atoms with van der Waals surface area (Å²) >= 11 is 0. The SMILES string of the molecule is Cc1cccc(N2CCN(C)[C@H](C)C2)n1. The third-order valence-corrected chi connectivity index (χ3v) is 3.16. The number of pyridine rings is 1. The van der Waals surface area contributed by atoms with E-state index in [9.17, 15) is 0 Å². The van der Waals surface area contributed by atoms with Gasteiger partial charge in [0.05, 0.1) is 0 Å². The number of hydrogen-bond donors (Lipinski definition) is 0. The van der Waals surface area contributed by atoms with Crippen LogP contribution < -0.4 is 4.90 Å². The molecular formula is C12H19N3. The Morgan fingerprint density at radius 1 is 1.33 bits per heavy atom. The predicted octanol–water partition coefficient (Wildman–Crippen LogP) is 1.53. The Morgan fingerprint density at radius 3 is 2.80 bits per heavy atom. The lowest BCUT2D eigenvalue weighted by Gasteiger charge is -2.38. The van der Waals surface area contributed by atoms with Crippen LogP contribution in [-0.4, -0.2) is 42.6 Å². The van der Waals surface area contributed by atoms with Crippen LogP contribution in [0.3, 0.4) is 0 Å². The highest BCUT2D eigenvalue weighted by molar-refractivity contribution is 5.40. The van der Waals surface area contributed by atoms with Gasteiger partial charge in [0.15, 0.2) is 0 Å². The third kappa shape index (κ3) is 2.29. The van der Waals surface area contributed by atoms with E-state index in [0.717, 1.165) is 31.1 Å². The van der Waals surface area contributed by atoms with E-state index in [-0.39, 0.29) is 0 Å². The zero-order valence-corrected chi connectivity index (χ0v) is 9.77. The van der Waals surface area contributed by atoms with Gasteiger partial charge in [0.1, 0.15) is 5.82 Å². The van der Waals surface area contributed by atoms with Crippen LogP contribution in [0.5, 0.6) is 0 Å². The van der Waals surface area contributed by atoms with E-state index >= 15 is 0 Å². The van der Waals surface area contributed by atoms with E-state index in [1.165, 1.54) is 0 Å². The molecule has 82 valence electrons. The number of hydrogen-bond acceptors (Lipinski definition) is 3. The quantitative estimate of drug-likeness (QED) is 0.693. The standard InChI is InChI=1S/C12H19N3/c1-10-5-4-6-12(13-10)15-8-7-14(3)11(2)9-15/h4-6,11H,7-9H2,1-3H3/t11-/m1/s1. The molecular weight excluding hydrogens is 186 g/mol. The van der Waals surface area contributed by atoms with Gasteiger partial charge in [0.2, 0.25) is 0 Å². The van der Waals surface area contributed by atoms with Crippen LogP contribution in [0.25, 0.3) is 0 Å². The largest absolute Gasteiger partial charge is 0.354 e. The maximum Gasteiger partial charge on any atom is 0.128 e. The molecule has 15 heavy (non-hydrogen) atoms. The van der Waals surface area contributed by atoms with Gasteiger partial charge in [-0.1, -0.05) is 6.07 Å². The lowest BCUT2D eigenvalue weighted by atomic mass is 10.2. The summed E-state index contributed by atoms with van der Waals surface area (Å²) in [5.74, 6) is 1.12. The van der Waals surface area contributed by atoms with Crippen molar-refractivity contribution in [3.63, 3.8) is 0 Å². The third-order valence-electron chi connectivity index (χ3n) is 3.16. The number of aromatic nitrogens is 1. The molecule has 1 fully saturated rings. The van der Waals surface area contributed by atoms with Crippen LogP contribution in [0.2, 0.25) is 0 Å². The zero-order chi connectivity index (χ0) is 10.8. The molecule has 0 unspecified atom stereocenters. The molecule has 1 aliphatic heterocycles. The summed E-state index contributed by atoms with van der Waals surface area (Å²) in [5, 5.41) is 0. The second-order valence-corrected chi connectivity index (χ2v) is 4.41. The van der Waals surface area contributed by atoms with Crippen molar-refractivity contribution in [1.82, 2.24) is 9.88 Å². The number of likely N-dealkylation sites (N-methyl/N-ethyl adjacent to an activating group) is 1. The second-order valence-electron chi connectivity index (χ2n) is 4.41. The van der Waals surface area contributed by atoms with Crippen LogP contribution >= 0.6 is 0 Å². The highest BCUT2D eigenvalue weighted by Crippen LogP contribution is 2.16. The van der Waals surface area contributed by atoms with Gasteiger partial charge in [-0.25, -0.2) is 4.98 Å². The molecule has 1 saturated heterocycles. The first-order chi connectivity index (χ1) is 7.16. The fourth-order valence-corrected chi connectivity index (χ4v) is 1.96. The van der Waals surface area contributed by atoms with Crippen molar-refractivity contribution in [2.45, 2.75) is 19.9 Å².